The second-order valence-electron chi connectivity index (χ2n) is 6.85. The summed E-state index contributed by atoms with van der Waals surface area (Å²) in [6.07, 6.45) is 3.31. The van der Waals surface area contributed by atoms with Gasteiger partial charge in [0.1, 0.15) is 5.75 Å². The van der Waals surface area contributed by atoms with Gasteiger partial charge in [0.25, 0.3) is 0 Å². The molecule has 0 aliphatic rings. The number of aliphatic hydroxyl groups is 1. The van der Waals surface area contributed by atoms with Crippen LogP contribution in [-0.4, -0.2) is 53.2 Å². The summed E-state index contributed by atoms with van der Waals surface area (Å²) in [5, 5.41) is 14.7. The van der Waals surface area contributed by atoms with Crippen molar-refractivity contribution in [3.05, 3.63) is 78.1 Å². The molecule has 0 aliphatic heterocycles. The third-order valence-corrected chi connectivity index (χ3v) is 4.34. The maximum Gasteiger partial charge on any atom is 0.119 e. The Balaban J connectivity index is 1.42. The first kappa shape index (κ1) is 20.1. The van der Waals surface area contributed by atoms with Crippen LogP contribution in [0.4, 0.5) is 0 Å². The first-order valence-corrected chi connectivity index (χ1v) is 9.30. The molecule has 0 fully saturated rings. The third kappa shape index (κ3) is 5.92. The number of aliphatic hydroxyl groups excluding tert-OH is 1. The summed E-state index contributed by atoms with van der Waals surface area (Å²) in [6, 6.07) is 17.7. The van der Waals surface area contributed by atoms with E-state index >= 15 is 0 Å². The van der Waals surface area contributed by atoms with Crippen LogP contribution in [-0.2, 0) is 17.9 Å². The number of hydrogen-bond donors (Lipinski definition) is 1. The lowest BCUT2D eigenvalue weighted by Crippen LogP contribution is -2.31. The Morgan fingerprint density at radius 1 is 1.11 bits per heavy atom. The standard InChI is InChI=1S/C22H27N3O3/c1-24(13-19-12-23-25(14-19)20-8-4-3-5-9-20)15-21(26)17-28-16-18-7-6-10-22(11-18)27-2/h3-12,14,21,26H,13,15-17H2,1-2H3. The van der Waals surface area contributed by atoms with Gasteiger partial charge in [0.15, 0.2) is 0 Å². The van der Waals surface area contributed by atoms with Gasteiger partial charge in [0.05, 0.1) is 38.3 Å². The Morgan fingerprint density at radius 3 is 2.71 bits per heavy atom. The molecule has 0 amide bonds. The number of rotatable bonds is 10. The second-order valence-corrected chi connectivity index (χ2v) is 6.85. The molecule has 0 saturated carbocycles. The average molecular weight is 381 g/mol. The number of nitrogens with zero attached hydrogens (tertiary/aromatic N) is 3. The average Bonchev–Trinajstić information content (AvgIpc) is 3.17. The highest BCUT2D eigenvalue weighted by Crippen LogP contribution is 2.13. The van der Waals surface area contributed by atoms with Crippen LogP contribution in [0.1, 0.15) is 11.1 Å². The van der Waals surface area contributed by atoms with Gasteiger partial charge in [-0.25, -0.2) is 4.68 Å². The van der Waals surface area contributed by atoms with E-state index in [0.29, 0.717) is 19.7 Å². The number of methoxy groups -OCH3 is 1. The molecule has 1 unspecified atom stereocenters. The predicted octanol–water partition coefficient (Wildman–Crippen LogP) is 2.89. The summed E-state index contributed by atoms with van der Waals surface area (Å²) in [5.74, 6) is 0.803. The fraction of sp³-hybridized carbons (Fsp3) is 0.318. The minimum atomic E-state index is -0.556. The van der Waals surface area contributed by atoms with E-state index in [1.54, 1.807) is 7.11 Å². The molecule has 148 valence electrons. The molecule has 28 heavy (non-hydrogen) atoms. The van der Waals surface area contributed by atoms with Gasteiger partial charge in [0, 0.05) is 24.8 Å². The number of likely N-dealkylation sites (N-methyl/N-ethyl adjacent to an activating group) is 1. The van der Waals surface area contributed by atoms with E-state index < -0.39 is 6.10 Å². The van der Waals surface area contributed by atoms with E-state index in [0.717, 1.165) is 22.6 Å². The van der Waals surface area contributed by atoms with Gasteiger partial charge in [-0.15, -0.1) is 0 Å². The molecule has 6 heteroatoms. The van der Waals surface area contributed by atoms with E-state index in [1.165, 1.54) is 0 Å². The van der Waals surface area contributed by atoms with Gasteiger partial charge in [0.2, 0.25) is 0 Å². The first-order chi connectivity index (χ1) is 13.6. The molecule has 0 spiro atoms. The SMILES string of the molecule is COc1cccc(COCC(O)CN(C)Cc2cnn(-c3ccccc3)c2)c1. The van der Waals surface area contributed by atoms with Crippen molar-refractivity contribution in [1.29, 1.82) is 0 Å². The summed E-state index contributed by atoms with van der Waals surface area (Å²) in [7, 11) is 3.62. The third-order valence-electron chi connectivity index (χ3n) is 4.34. The summed E-state index contributed by atoms with van der Waals surface area (Å²) in [6.45, 7) is 1.96. The molecule has 0 bridgehead atoms. The van der Waals surface area contributed by atoms with Crippen LogP contribution in [0.2, 0.25) is 0 Å². The van der Waals surface area contributed by atoms with E-state index in [9.17, 15) is 5.11 Å². The van der Waals surface area contributed by atoms with Gasteiger partial charge in [-0.3, -0.25) is 4.90 Å². The molecule has 3 rings (SSSR count). The van der Waals surface area contributed by atoms with Crippen molar-refractivity contribution in [3.63, 3.8) is 0 Å². The normalized spacial score (nSPS) is 12.3. The van der Waals surface area contributed by atoms with Crippen molar-refractivity contribution < 1.29 is 14.6 Å². The second kappa shape index (κ2) is 10.0. The Bertz CT molecular complexity index is 851. The molecular formula is C22H27N3O3. The zero-order chi connectivity index (χ0) is 19.8. The summed E-state index contributed by atoms with van der Waals surface area (Å²) < 4.78 is 12.7. The minimum Gasteiger partial charge on any atom is -0.497 e. The molecule has 1 heterocycles. The number of ether oxygens (including phenoxy) is 2. The zero-order valence-electron chi connectivity index (χ0n) is 16.4. The fourth-order valence-electron chi connectivity index (χ4n) is 3.03. The number of aromatic nitrogens is 2. The van der Waals surface area contributed by atoms with E-state index in [-0.39, 0.29) is 6.61 Å². The highest BCUT2D eigenvalue weighted by Gasteiger charge is 2.11. The molecule has 1 aromatic heterocycles. The van der Waals surface area contributed by atoms with Gasteiger partial charge >= 0.3 is 0 Å². The van der Waals surface area contributed by atoms with Crippen LogP contribution in [0, 0.1) is 0 Å². The van der Waals surface area contributed by atoms with Crippen molar-refractivity contribution in [2.75, 3.05) is 27.3 Å². The highest BCUT2D eigenvalue weighted by atomic mass is 16.5. The van der Waals surface area contributed by atoms with Crippen LogP contribution in [0.25, 0.3) is 5.69 Å². The lowest BCUT2D eigenvalue weighted by Gasteiger charge is -2.20. The molecule has 1 atom stereocenters. The molecular weight excluding hydrogens is 354 g/mol. The van der Waals surface area contributed by atoms with Crippen molar-refractivity contribution in [2.45, 2.75) is 19.3 Å². The van der Waals surface area contributed by atoms with Crippen LogP contribution in [0.3, 0.4) is 0 Å². The lowest BCUT2D eigenvalue weighted by molar-refractivity contribution is 0.0127. The van der Waals surface area contributed by atoms with Gasteiger partial charge in [-0.1, -0.05) is 30.3 Å². The van der Waals surface area contributed by atoms with Crippen LogP contribution in [0.15, 0.2) is 67.0 Å². The Kier molecular flexibility index (Phi) is 7.19. The minimum absolute atomic E-state index is 0.283. The van der Waals surface area contributed by atoms with Gasteiger partial charge in [-0.05, 0) is 36.9 Å². The predicted molar refractivity (Wildman–Crippen MR) is 109 cm³/mol. The lowest BCUT2D eigenvalue weighted by atomic mass is 10.2. The highest BCUT2D eigenvalue weighted by molar-refractivity contribution is 5.31. The number of para-hydroxylation sites is 1. The number of benzene rings is 2. The first-order valence-electron chi connectivity index (χ1n) is 9.30. The largest absolute Gasteiger partial charge is 0.497 e. The Morgan fingerprint density at radius 2 is 1.93 bits per heavy atom. The summed E-state index contributed by atoms with van der Waals surface area (Å²) in [5.41, 5.74) is 3.14. The zero-order valence-corrected chi connectivity index (χ0v) is 16.4. The van der Waals surface area contributed by atoms with E-state index in [4.69, 9.17) is 9.47 Å². The van der Waals surface area contributed by atoms with Crippen molar-refractivity contribution >= 4 is 0 Å². The molecule has 0 radical (unpaired) electrons. The molecule has 0 aliphatic carbocycles. The Labute approximate surface area is 165 Å². The molecule has 2 aromatic carbocycles. The van der Waals surface area contributed by atoms with Crippen molar-refractivity contribution in [1.82, 2.24) is 14.7 Å². The van der Waals surface area contributed by atoms with Crippen LogP contribution in [0.5, 0.6) is 5.75 Å². The van der Waals surface area contributed by atoms with Gasteiger partial charge < -0.3 is 14.6 Å². The van der Waals surface area contributed by atoms with Crippen LogP contribution >= 0.6 is 0 Å². The van der Waals surface area contributed by atoms with Crippen molar-refractivity contribution in [2.24, 2.45) is 0 Å². The molecule has 3 aromatic rings. The smallest absolute Gasteiger partial charge is 0.119 e. The monoisotopic (exact) mass is 381 g/mol. The maximum atomic E-state index is 10.2. The summed E-state index contributed by atoms with van der Waals surface area (Å²) in [4.78, 5) is 2.06. The fourth-order valence-corrected chi connectivity index (χ4v) is 3.03. The quantitative estimate of drug-likeness (QED) is 0.585. The maximum absolute atomic E-state index is 10.2. The summed E-state index contributed by atoms with van der Waals surface area (Å²) >= 11 is 0. The molecule has 1 N–H and O–H groups in total. The van der Waals surface area contributed by atoms with E-state index in [1.807, 2.05) is 78.7 Å². The molecule has 6 nitrogen and oxygen atoms in total. The van der Waals surface area contributed by atoms with E-state index in [2.05, 4.69) is 10.00 Å². The Hall–Kier alpha value is -2.67. The van der Waals surface area contributed by atoms with Crippen molar-refractivity contribution in [3.8, 4) is 11.4 Å². The number of hydrogen-bond acceptors (Lipinski definition) is 5. The topological polar surface area (TPSA) is 59.8 Å². The molecule has 0 saturated heterocycles. The van der Waals surface area contributed by atoms with Gasteiger partial charge in [-0.2, -0.15) is 5.10 Å². The van der Waals surface area contributed by atoms with Crippen LogP contribution < -0.4 is 4.74 Å².